The van der Waals surface area contributed by atoms with Crippen molar-refractivity contribution in [2.24, 2.45) is 5.92 Å². The van der Waals surface area contributed by atoms with Gasteiger partial charge >= 0.3 is 0 Å². The predicted octanol–water partition coefficient (Wildman–Crippen LogP) is 0.739. The Morgan fingerprint density at radius 1 is 1.41 bits per heavy atom. The van der Waals surface area contributed by atoms with Crippen molar-refractivity contribution in [3.05, 3.63) is 11.6 Å². The molecule has 0 saturated heterocycles. The van der Waals surface area contributed by atoms with Gasteiger partial charge in [-0.2, -0.15) is 0 Å². The van der Waals surface area contributed by atoms with E-state index in [1.54, 1.807) is 0 Å². The molecule has 5 heteroatoms. The molecule has 0 spiro atoms. The maximum atomic E-state index is 5.59. The molecule has 1 aromatic rings. The summed E-state index contributed by atoms with van der Waals surface area (Å²) in [6, 6.07) is 0. The molecule has 2 aliphatic rings. The van der Waals surface area contributed by atoms with Gasteiger partial charge in [-0.05, 0) is 25.7 Å². The smallest absolute Gasteiger partial charge is 0.147 e. The third kappa shape index (κ3) is 2.21. The lowest BCUT2D eigenvalue weighted by Gasteiger charge is -2.34. The van der Waals surface area contributed by atoms with Crippen molar-refractivity contribution in [1.82, 2.24) is 20.1 Å². The van der Waals surface area contributed by atoms with Crippen LogP contribution in [0.1, 0.15) is 31.4 Å². The Hall–Kier alpha value is -0.940. The Morgan fingerprint density at radius 3 is 3.12 bits per heavy atom. The molecule has 0 amide bonds. The van der Waals surface area contributed by atoms with E-state index in [-0.39, 0.29) is 0 Å². The highest BCUT2D eigenvalue weighted by Crippen LogP contribution is 2.32. The summed E-state index contributed by atoms with van der Waals surface area (Å²) in [4.78, 5) is 0. The summed E-state index contributed by atoms with van der Waals surface area (Å²) in [5, 5.41) is 11.9. The Labute approximate surface area is 102 Å². The van der Waals surface area contributed by atoms with Crippen LogP contribution in [0.4, 0.5) is 0 Å². The number of rotatable bonds is 4. The van der Waals surface area contributed by atoms with Gasteiger partial charge in [0.2, 0.25) is 0 Å². The molecule has 1 aromatic heterocycles. The van der Waals surface area contributed by atoms with E-state index < -0.39 is 0 Å². The molecule has 0 unspecified atom stereocenters. The molecule has 1 fully saturated rings. The zero-order valence-corrected chi connectivity index (χ0v) is 10.4. The molecule has 94 valence electrons. The Balaban J connectivity index is 1.57. The van der Waals surface area contributed by atoms with Gasteiger partial charge in [0.05, 0.1) is 12.6 Å². The average Bonchev–Trinajstić information content (AvgIpc) is 2.70. The molecule has 1 aliphatic heterocycles. The molecule has 1 aliphatic carbocycles. The van der Waals surface area contributed by atoms with Gasteiger partial charge in [-0.25, -0.2) is 0 Å². The first-order chi connectivity index (χ1) is 8.36. The van der Waals surface area contributed by atoms with Crippen LogP contribution < -0.4 is 5.32 Å². The summed E-state index contributed by atoms with van der Waals surface area (Å²) < 4.78 is 7.87. The summed E-state index contributed by atoms with van der Waals surface area (Å²) in [5.41, 5.74) is 0. The Morgan fingerprint density at radius 2 is 2.29 bits per heavy atom. The van der Waals surface area contributed by atoms with Crippen LogP contribution in [0.25, 0.3) is 0 Å². The summed E-state index contributed by atoms with van der Waals surface area (Å²) >= 11 is 0. The van der Waals surface area contributed by atoms with Crippen molar-refractivity contribution in [3.63, 3.8) is 0 Å². The van der Waals surface area contributed by atoms with Gasteiger partial charge in [0.25, 0.3) is 0 Å². The molecule has 5 nitrogen and oxygen atoms in total. The first-order valence-electron chi connectivity index (χ1n) is 6.60. The molecule has 1 saturated carbocycles. The number of nitrogens with zero attached hydrogens (tertiary/aromatic N) is 3. The van der Waals surface area contributed by atoms with E-state index in [4.69, 9.17) is 4.74 Å². The molecule has 0 aromatic carbocycles. The lowest BCUT2D eigenvalue weighted by molar-refractivity contribution is -0.0247. The van der Waals surface area contributed by atoms with E-state index in [0.29, 0.717) is 6.10 Å². The molecule has 1 N–H and O–H groups in total. The Kier molecular flexibility index (Phi) is 3.11. The maximum Gasteiger partial charge on any atom is 0.147 e. The summed E-state index contributed by atoms with van der Waals surface area (Å²) in [6.07, 6.45) is 3.94. The second-order valence-electron chi connectivity index (χ2n) is 4.98. The third-order valence-electron chi connectivity index (χ3n) is 3.77. The number of nitrogens with one attached hydrogen (secondary N) is 1. The van der Waals surface area contributed by atoms with Gasteiger partial charge in [0.15, 0.2) is 0 Å². The zero-order chi connectivity index (χ0) is 11.7. The van der Waals surface area contributed by atoms with E-state index in [1.807, 2.05) is 0 Å². The standard InChI is InChI=1S/C12H20N4O/c1-2-17-10-5-9(6-10)7-11-14-15-12-8-13-3-4-16(11)12/h9-10,13H,2-8H2,1H3. The molecular weight excluding hydrogens is 216 g/mol. The van der Waals surface area contributed by atoms with E-state index in [0.717, 1.165) is 44.4 Å². The topological polar surface area (TPSA) is 52.0 Å². The van der Waals surface area contributed by atoms with Gasteiger partial charge in [-0.15, -0.1) is 10.2 Å². The van der Waals surface area contributed by atoms with Gasteiger partial charge < -0.3 is 14.6 Å². The monoisotopic (exact) mass is 236 g/mol. The number of ether oxygens (including phenoxy) is 1. The number of hydrogen-bond donors (Lipinski definition) is 1. The fraction of sp³-hybridized carbons (Fsp3) is 0.833. The predicted molar refractivity (Wildman–Crippen MR) is 63.6 cm³/mol. The quantitative estimate of drug-likeness (QED) is 0.837. The van der Waals surface area contributed by atoms with Crippen molar-refractivity contribution in [2.45, 2.75) is 45.4 Å². The number of fused-ring (bicyclic) bond motifs is 1. The highest BCUT2D eigenvalue weighted by molar-refractivity contribution is 5.01. The first kappa shape index (κ1) is 11.2. The summed E-state index contributed by atoms with van der Waals surface area (Å²) in [7, 11) is 0. The van der Waals surface area contributed by atoms with Gasteiger partial charge in [-0.1, -0.05) is 0 Å². The van der Waals surface area contributed by atoms with E-state index in [2.05, 4.69) is 27.0 Å². The van der Waals surface area contributed by atoms with Gasteiger partial charge in [-0.3, -0.25) is 0 Å². The molecular formula is C12H20N4O. The molecule has 17 heavy (non-hydrogen) atoms. The highest BCUT2D eigenvalue weighted by atomic mass is 16.5. The second kappa shape index (κ2) is 4.74. The van der Waals surface area contributed by atoms with Gasteiger partial charge in [0.1, 0.15) is 11.6 Å². The maximum absolute atomic E-state index is 5.59. The average molecular weight is 236 g/mol. The fourth-order valence-corrected chi connectivity index (χ4v) is 2.77. The third-order valence-corrected chi connectivity index (χ3v) is 3.77. The van der Waals surface area contributed by atoms with Crippen molar-refractivity contribution in [1.29, 1.82) is 0 Å². The number of hydrogen-bond acceptors (Lipinski definition) is 4. The van der Waals surface area contributed by atoms with E-state index >= 15 is 0 Å². The normalized spacial score (nSPS) is 27.6. The van der Waals surface area contributed by atoms with Crippen LogP contribution >= 0.6 is 0 Å². The molecule has 2 heterocycles. The zero-order valence-electron chi connectivity index (χ0n) is 10.4. The van der Waals surface area contributed by atoms with Gasteiger partial charge in [0, 0.05) is 26.1 Å². The fourth-order valence-electron chi connectivity index (χ4n) is 2.77. The Bertz CT molecular complexity index is 384. The summed E-state index contributed by atoms with van der Waals surface area (Å²) in [6.45, 7) is 5.81. The van der Waals surface area contributed by atoms with Crippen molar-refractivity contribution >= 4 is 0 Å². The minimum atomic E-state index is 0.496. The van der Waals surface area contributed by atoms with Crippen molar-refractivity contribution in [2.75, 3.05) is 13.2 Å². The van der Waals surface area contributed by atoms with Crippen LogP contribution in [0.15, 0.2) is 0 Å². The van der Waals surface area contributed by atoms with Crippen LogP contribution in [-0.2, 0) is 24.2 Å². The molecule has 0 atom stereocenters. The lowest BCUT2D eigenvalue weighted by atomic mass is 9.80. The minimum Gasteiger partial charge on any atom is -0.378 e. The van der Waals surface area contributed by atoms with Crippen molar-refractivity contribution < 1.29 is 4.74 Å². The second-order valence-corrected chi connectivity index (χ2v) is 4.98. The minimum absolute atomic E-state index is 0.496. The molecule has 0 bridgehead atoms. The van der Waals surface area contributed by atoms with Crippen LogP contribution in [0.2, 0.25) is 0 Å². The lowest BCUT2D eigenvalue weighted by Crippen LogP contribution is -2.34. The summed E-state index contributed by atoms with van der Waals surface area (Å²) in [5.74, 6) is 3.00. The van der Waals surface area contributed by atoms with E-state index in [1.165, 1.54) is 18.7 Å². The van der Waals surface area contributed by atoms with Crippen LogP contribution in [0, 0.1) is 5.92 Å². The molecule has 0 radical (unpaired) electrons. The first-order valence-corrected chi connectivity index (χ1v) is 6.60. The number of aromatic nitrogens is 3. The van der Waals surface area contributed by atoms with Crippen LogP contribution in [-0.4, -0.2) is 34.0 Å². The van der Waals surface area contributed by atoms with E-state index in [9.17, 15) is 0 Å². The van der Waals surface area contributed by atoms with Crippen LogP contribution in [0.5, 0.6) is 0 Å². The van der Waals surface area contributed by atoms with Crippen LogP contribution in [0.3, 0.4) is 0 Å². The molecule has 3 rings (SSSR count). The SMILES string of the molecule is CCOC1CC(Cc2nnc3n2CCNC3)C1. The largest absolute Gasteiger partial charge is 0.378 e. The van der Waals surface area contributed by atoms with Crippen molar-refractivity contribution in [3.8, 4) is 0 Å². The highest BCUT2D eigenvalue weighted by Gasteiger charge is 2.31.